The molecule has 4 rings (SSSR count). The van der Waals surface area contributed by atoms with E-state index in [9.17, 15) is 39.3 Å². The molecule has 3 aliphatic heterocycles. The van der Waals surface area contributed by atoms with Crippen LogP contribution in [0, 0.1) is 5.92 Å². The van der Waals surface area contributed by atoms with Crippen molar-refractivity contribution in [2.45, 2.75) is 107 Å². The van der Waals surface area contributed by atoms with Crippen LogP contribution in [0.3, 0.4) is 0 Å². The number of nitrogens with two attached hydrogens (primary N) is 1. The fourth-order valence-corrected chi connectivity index (χ4v) is 6.72. The Hall–Kier alpha value is -3.39. The summed E-state index contributed by atoms with van der Waals surface area (Å²) in [5, 5.41) is 36.8. The molecule has 17 nitrogen and oxygen atoms in total. The molecule has 2 saturated heterocycles. The number of rotatable bonds is 10. The Morgan fingerprint density at radius 1 is 1.21 bits per heavy atom. The van der Waals surface area contributed by atoms with E-state index in [-0.39, 0.29) is 10.9 Å². The Morgan fingerprint density at radius 3 is 2.53 bits per heavy atom. The number of amides is 3. The van der Waals surface area contributed by atoms with Crippen molar-refractivity contribution < 1.29 is 48.3 Å². The maximum Gasteiger partial charge on any atom is 0.330 e. The summed E-state index contributed by atoms with van der Waals surface area (Å²) in [6.07, 6.45) is -6.90. The van der Waals surface area contributed by atoms with Crippen molar-refractivity contribution in [2.24, 2.45) is 11.7 Å². The maximum atomic E-state index is 13.1. The highest BCUT2D eigenvalue weighted by atomic mass is 28.4. The molecule has 1 aromatic heterocycles. The Kier molecular flexibility index (Phi) is 11.2. The zero-order valence-electron chi connectivity index (χ0n) is 27.0. The average molecular weight is 684 g/mol. The highest BCUT2D eigenvalue weighted by Crippen LogP contribution is 2.44. The van der Waals surface area contributed by atoms with E-state index < -0.39 is 98.7 Å². The average Bonchev–Trinajstić information content (AvgIpc) is 3.18. The standard InChI is InChI=1S/C29H45N5O12Si/c1-29(2,3)47(4,5)46-21-14(13-35)20(44-26(21)34-11-9-18(37)33-28(34)42)22(23(30)39)45-27-19(38)16(36)12-17(43-27)25(41)32-15-8-6-7-10-31-24(15)40/h9,11-12,14-16,19-22,26-27,35-36,38H,6-8,10,13H2,1-5H3,(H2,30,39)(H,31,40)(H,32,41)(H,33,37,42)/t14-,15+,16+,19+,20+,21-,22-,26-,27-/m1/s1. The van der Waals surface area contributed by atoms with Crippen LogP contribution in [0.4, 0.5) is 0 Å². The number of carbonyl (C=O) groups excluding carboxylic acids is 3. The third kappa shape index (κ3) is 8.02. The molecular formula is C29H45N5O12Si. The van der Waals surface area contributed by atoms with Gasteiger partial charge in [-0.2, -0.15) is 0 Å². The number of nitrogens with zero attached hydrogens (tertiary/aromatic N) is 1. The largest absolute Gasteiger partial charge is 0.456 e. The van der Waals surface area contributed by atoms with Crippen LogP contribution in [0.15, 0.2) is 33.7 Å². The van der Waals surface area contributed by atoms with Crippen molar-refractivity contribution in [1.82, 2.24) is 20.2 Å². The molecule has 0 spiro atoms. The lowest BCUT2D eigenvalue weighted by molar-refractivity contribution is -0.239. The first kappa shape index (κ1) is 36.4. The van der Waals surface area contributed by atoms with Gasteiger partial charge in [0.15, 0.2) is 26.4 Å². The molecule has 9 atom stereocenters. The number of primary amides is 1. The summed E-state index contributed by atoms with van der Waals surface area (Å²) in [6.45, 7) is 9.66. The minimum Gasteiger partial charge on any atom is -0.456 e. The summed E-state index contributed by atoms with van der Waals surface area (Å²) in [4.78, 5) is 65.1. The number of aliphatic hydroxyl groups is 3. The van der Waals surface area contributed by atoms with E-state index in [2.05, 4.69) is 15.6 Å². The number of aliphatic hydroxyl groups excluding tert-OH is 3. The molecule has 3 aliphatic rings. The Bertz CT molecular complexity index is 1470. The Labute approximate surface area is 271 Å². The van der Waals surface area contributed by atoms with E-state index in [1.54, 1.807) is 0 Å². The molecule has 262 valence electrons. The lowest BCUT2D eigenvalue weighted by Gasteiger charge is -2.40. The summed E-state index contributed by atoms with van der Waals surface area (Å²) in [5.41, 5.74) is 4.25. The van der Waals surface area contributed by atoms with Gasteiger partial charge in [-0.05, 0) is 43.5 Å². The molecular weight excluding hydrogens is 638 g/mol. The summed E-state index contributed by atoms with van der Waals surface area (Å²) in [5.74, 6) is -3.88. The Morgan fingerprint density at radius 2 is 1.91 bits per heavy atom. The topological polar surface area (TPSA) is 254 Å². The lowest BCUT2D eigenvalue weighted by atomic mass is 9.94. The van der Waals surface area contributed by atoms with E-state index in [0.29, 0.717) is 19.4 Å². The second-order valence-corrected chi connectivity index (χ2v) is 18.2. The summed E-state index contributed by atoms with van der Waals surface area (Å²) in [6, 6.07) is 0.238. The zero-order chi connectivity index (χ0) is 34.8. The van der Waals surface area contributed by atoms with Gasteiger partial charge < -0.3 is 50.3 Å². The first-order valence-electron chi connectivity index (χ1n) is 15.5. The minimum absolute atomic E-state index is 0.331. The number of ether oxygens (including phenoxy) is 3. The Balaban J connectivity index is 1.63. The number of nitrogens with one attached hydrogen (secondary N) is 3. The maximum absolute atomic E-state index is 13.1. The zero-order valence-corrected chi connectivity index (χ0v) is 28.0. The van der Waals surface area contributed by atoms with Gasteiger partial charge in [0.2, 0.25) is 18.1 Å². The van der Waals surface area contributed by atoms with Gasteiger partial charge in [-0.1, -0.05) is 20.8 Å². The molecule has 0 bridgehead atoms. The van der Waals surface area contributed by atoms with Gasteiger partial charge in [0, 0.05) is 24.7 Å². The first-order chi connectivity index (χ1) is 21.9. The molecule has 8 N–H and O–H groups in total. The summed E-state index contributed by atoms with van der Waals surface area (Å²) in [7, 11) is -2.65. The van der Waals surface area contributed by atoms with Crippen LogP contribution < -0.4 is 27.6 Å². The second kappa shape index (κ2) is 14.4. The molecule has 0 radical (unpaired) electrons. The van der Waals surface area contributed by atoms with Crippen LogP contribution >= 0.6 is 0 Å². The molecule has 2 fully saturated rings. The molecule has 18 heteroatoms. The van der Waals surface area contributed by atoms with E-state index in [1.807, 2.05) is 33.9 Å². The highest BCUT2D eigenvalue weighted by molar-refractivity contribution is 6.74. The number of aromatic amines is 1. The van der Waals surface area contributed by atoms with Crippen molar-refractivity contribution in [3.05, 3.63) is 44.9 Å². The quantitative estimate of drug-likeness (QED) is 0.133. The molecule has 0 saturated carbocycles. The number of aromatic nitrogens is 2. The van der Waals surface area contributed by atoms with E-state index >= 15 is 0 Å². The van der Waals surface area contributed by atoms with E-state index in [1.165, 1.54) is 6.20 Å². The first-order valence-corrected chi connectivity index (χ1v) is 18.4. The SMILES string of the molecule is CC(C)(C)[Si](C)(C)O[C@@H]1[C@H](CO)[C@@H]([C@@H](O[C@H]2OC(C(=O)N[C@H]3CCCCNC3=O)=C[C@H](O)[C@@H]2O)C(N)=O)O[C@H]1n1ccc(=O)[nH]c1=O. The van der Waals surface area contributed by atoms with Crippen LogP contribution in [0.1, 0.15) is 46.3 Å². The fourth-order valence-electron chi connectivity index (χ4n) is 5.40. The van der Waals surface area contributed by atoms with Crippen LogP contribution in [0.5, 0.6) is 0 Å². The number of hydrogen-bond acceptors (Lipinski definition) is 12. The van der Waals surface area contributed by atoms with Gasteiger partial charge in [0.25, 0.3) is 11.5 Å². The van der Waals surface area contributed by atoms with Crippen LogP contribution in [-0.2, 0) is 33.0 Å². The normalized spacial score (nSPS) is 30.8. The van der Waals surface area contributed by atoms with Gasteiger partial charge >= 0.3 is 5.69 Å². The summed E-state index contributed by atoms with van der Waals surface area (Å²) < 4.78 is 25.3. The third-order valence-corrected chi connectivity index (χ3v) is 13.6. The lowest BCUT2D eigenvalue weighted by Crippen LogP contribution is -2.54. The predicted molar refractivity (Wildman–Crippen MR) is 166 cm³/mol. The summed E-state index contributed by atoms with van der Waals surface area (Å²) >= 11 is 0. The van der Waals surface area contributed by atoms with Gasteiger partial charge in [-0.15, -0.1) is 0 Å². The number of hydrogen-bond donors (Lipinski definition) is 7. The molecule has 47 heavy (non-hydrogen) atoms. The van der Waals surface area contributed by atoms with Crippen LogP contribution in [0.2, 0.25) is 18.1 Å². The second-order valence-electron chi connectivity index (χ2n) is 13.5. The highest BCUT2D eigenvalue weighted by Gasteiger charge is 2.55. The van der Waals surface area contributed by atoms with Crippen LogP contribution in [0.25, 0.3) is 0 Å². The third-order valence-electron chi connectivity index (χ3n) is 9.11. The molecule has 0 aromatic carbocycles. The molecule has 4 heterocycles. The molecule has 0 aliphatic carbocycles. The smallest absolute Gasteiger partial charge is 0.330 e. The van der Waals surface area contributed by atoms with Crippen molar-refractivity contribution in [3.8, 4) is 0 Å². The van der Waals surface area contributed by atoms with Gasteiger partial charge in [-0.25, -0.2) is 4.79 Å². The monoisotopic (exact) mass is 683 g/mol. The predicted octanol–water partition coefficient (Wildman–Crippen LogP) is -1.95. The van der Waals surface area contributed by atoms with Crippen molar-refractivity contribution >= 4 is 26.0 Å². The molecule has 3 amide bonds. The van der Waals surface area contributed by atoms with Crippen molar-refractivity contribution in [1.29, 1.82) is 0 Å². The van der Waals surface area contributed by atoms with Crippen molar-refractivity contribution in [2.75, 3.05) is 13.2 Å². The molecule has 1 aromatic rings. The molecule has 0 unspecified atom stereocenters. The van der Waals surface area contributed by atoms with Crippen molar-refractivity contribution in [3.63, 3.8) is 0 Å². The van der Waals surface area contributed by atoms with E-state index in [4.69, 9.17) is 24.4 Å². The van der Waals surface area contributed by atoms with Gasteiger partial charge in [0.05, 0.1) is 12.7 Å². The van der Waals surface area contributed by atoms with Gasteiger partial charge in [-0.3, -0.25) is 28.7 Å². The fraction of sp³-hybridized carbons (Fsp3) is 0.690. The minimum atomic E-state index is -2.65. The van der Waals surface area contributed by atoms with Crippen LogP contribution in [-0.4, -0.2) is 107 Å². The van der Waals surface area contributed by atoms with E-state index in [0.717, 1.165) is 23.1 Å². The number of H-pyrrole nitrogens is 1. The number of carbonyl (C=O) groups is 3. The van der Waals surface area contributed by atoms with Gasteiger partial charge in [0.1, 0.15) is 24.4 Å².